The molecular formula is C26H26Cl2N2O4. The van der Waals surface area contributed by atoms with Crippen molar-refractivity contribution in [2.45, 2.75) is 31.4 Å². The minimum atomic E-state index is -1.03. The number of aliphatic hydroxyl groups is 1. The number of nitrogens with zero attached hydrogens (tertiary/aromatic N) is 1. The second-order valence-electron chi connectivity index (χ2n) is 8.02. The van der Waals surface area contributed by atoms with Crippen LogP contribution in [0.4, 0.5) is 0 Å². The van der Waals surface area contributed by atoms with E-state index in [1.54, 1.807) is 30.5 Å². The Bertz CT molecular complexity index is 1170. The van der Waals surface area contributed by atoms with Crippen LogP contribution in [0.1, 0.15) is 34.8 Å². The molecule has 8 heteroatoms. The van der Waals surface area contributed by atoms with Gasteiger partial charge in [-0.2, -0.15) is 0 Å². The fraction of sp³-hybridized carbons (Fsp3) is 0.231. The number of aliphatic hydroxyl groups excluding tert-OH is 1. The van der Waals surface area contributed by atoms with E-state index in [-0.39, 0.29) is 18.4 Å². The summed E-state index contributed by atoms with van der Waals surface area (Å²) in [6.07, 6.45) is 6.26. The largest absolute Gasteiger partial charge is 0.478 e. The van der Waals surface area contributed by atoms with E-state index in [0.717, 1.165) is 30.9 Å². The van der Waals surface area contributed by atoms with Gasteiger partial charge in [-0.15, -0.1) is 12.4 Å². The average molecular weight is 501 g/mol. The number of benzene rings is 2. The van der Waals surface area contributed by atoms with Gasteiger partial charge in [-0.1, -0.05) is 29.8 Å². The van der Waals surface area contributed by atoms with Crippen LogP contribution in [0, 0.1) is 0 Å². The molecular weight excluding hydrogens is 475 g/mol. The van der Waals surface area contributed by atoms with E-state index in [0.29, 0.717) is 28.8 Å². The number of nitrogens with one attached hydrogen (secondary N) is 1. The molecule has 0 bridgehead atoms. The van der Waals surface area contributed by atoms with Crippen LogP contribution in [0.3, 0.4) is 0 Å². The molecule has 4 rings (SSSR count). The van der Waals surface area contributed by atoms with Gasteiger partial charge >= 0.3 is 5.97 Å². The van der Waals surface area contributed by atoms with Crippen LogP contribution in [-0.4, -0.2) is 33.8 Å². The minimum absolute atomic E-state index is 0. The van der Waals surface area contributed by atoms with Crippen molar-refractivity contribution in [1.82, 2.24) is 10.3 Å². The number of hydrogen-bond donors (Lipinski definition) is 3. The highest BCUT2D eigenvalue weighted by molar-refractivity contribution is 6.30. The van der Waals surface area contributed by atoms with Crippen LogP contribution in [0.2, 0.25) is 5.02 Å². The molecule has 0 spiro atoms. The smallest absolute Gasteiger partial charge is 0.328 e. The number of carbonyl (C=O) groups is 1. The molecule has 6 nitrogen and oxygen atoms in total. The van der Waals surface area contributed by atoms with E-state index in [1.165, 1.54) is 17.2 Å². The molecule has 0 unspecified atom stereocenters. The first-order valence-electron chi connectivity index (χ1n) is 10.8. The van der Waals surface area contributed by atoms with Crippen molar-refractivity contribution in [2.75, 3.05) is 6.54 Å². The minimum Gasteiger partial charge on any atom is -0.478 e. The van der Waals surface area contributed by atoms with Crippen molar-refractivity contribution >= 4 is 36.1 Å². The Labute approximate surface area is 209 Å². The number of carboxylic acids is 1. The SMILES string of the molecule is Cl.O=C(O)C=Cc1cccnc1Oc1ccc2c(c1)C[C@@H](NC[C@H](O)c1cccc(Cl)c1)CC2. The van der Waals surface area contributed by atoms with Gasteiger partial charge < -0.3 is 20.3 Å². The molecule has 1 heterocycles. The summed E-state index contributed by atoms with van der Waals surface area (Å²) in [6, 6.07) is 17.0. The predicted molar refractivity (Wildman–Crippen MR) is 135 cm³/mol. The summed E-state index contributed by atoms with van der Waals surface area (Å²) in [6.45, 7) is 0.448. The van der Waals surface area contributed by atoms with Gasteiger partial charge in [0.05, 0.1) is 6.10 Å². The van der Waals surface area contributed by atoms with Gasteiger partial charge in [-0.3, -0.25) is 0 Å². The molecule has 1 aliphatic rings. The van der Waals surface area contributed by atoms with Crippen molar-refractivity contribution in [3.63, 3.8) is 0 Å². The number of aliphatic carboxylic acids is 1. The molecule has 0 radical (unpaired) electrons. The normalized spacial score (nSPS) is 15.9. The molecule has 3 N–H and O–H groups in total. The lowest BCUT2D eigenvalue weighted by atomic mass is 9.88. The summed E-state index contributed by atoms with van der Waals surface area (Å²) in [5, 5.41) is 23.5. The molecule has 1 aliphatic carbocycles. The standard InChI is InChI=1S/C26H25ClN2O4.ClH/c27-21-5-1-3-19(13-21)24(30)16-29-22-9-6-17-7-10-23(15-20(17)14-22)33-26-18(4-2-12-28-26)8-11-25(31)32;/h1-5,7-8,10-13,15,22,24,29-30H,6,9,14,16H2,(H,31,32);1H/t22-,24-;/m0./s1. The lowest BCUT2D eigenvalue weighted by Crippen LogP contribution is -2.37. The summed E-state index contributed by atoms with van der Waals surface area (Å²) >= 11 is 6.03. The Morgan fingerprint density at radius 3 is 2.85 bits per heavy atom. The molecule has 0 amide bonds. The van der Waals surface area contributed by atoms with Gasteiger partial charge in [0.15, 0.2) is 0 Å². The zero-order valence-electron chi connectivity index (χ0n) is 18.4. The Hall–Kier alpha value is -2.90. The number of pyridine rings is 1. The van der Waals surface area contributed by atoms with Crippen molar-refractivity contribution in [3.05, 3.63) is 94.1 Å². The highest BCUT2D eigenvalue weighted by Crippen LogP contribution is 2.30. The Balaban J connectivity index is 0.00000324. The quantitative estimate of drug-likeness (QED) is 0.367. The summed E-state index contributed by atoms with van der Waals surface area (Å²) in [5.74, 6) is -0.0280. The zero-order chi connectivity index (χ0) is 23.2. The molecule has 0 aliphatic heterocycles. The first-order valence-corrected chi connectivity index (χ1v) is 11.2. The molecule has 1 aromatic heterocycles. The van der Waals surface area contributed by atoms with E-state index >= 15 is 0 Å². The highest BCUT2D eigenvalue weighted by Gasteiger charge is 2.20. The Morgan fingerprint density at radius 2 is 2.06 bits per heavy atom. The fourth-order valence-electron chi connectivity index (χ4n) is 3.97. The third-order valence-corrected chi connectivity index (χ3v) is 5.90. The predicted octanol–water partition coefficient (Wildman–Crippen LogP) is 5.23. The monoisotopic (exact) mass is 500 g/mol. The Morgan fingerprint density at radius 1 is 1.21 bits per heavy atom. The summed E-state index contributed by atoms with van der Waals surface area (Å²) in [4.78, 5) is 15.1. The summed E-state index contributed by atoms with van der Waals surface area (Å²) in [5.41, 5.74) is 3.85. The van der Waals surface area contributed by atoms with Crippen LogP contribution in [-0.2, 0) is 17.6 Å². The highest BCUT2D eigenvalue weighted by atomic mass is 35.5. The molecule has 2 atom stereocenters. The number of aryl methyl sites for hydroxylation is 1. The zero-order valence-corrected chi connectivity index (χ0v) is 19.9. The Kier molecular flexibility index (Phi) is 9.07. The molecule has 0 fully saturated rings. The number of aromatic nitrogens is 1. The van der Waals surface area contributed by atoms with Gasteiger partial charge in [0.25, 0.3) is 0 Å². The van der Waals surface area contributed by atoms with Gasteiger partial charge in [-0.25, -0.2) is 9.78 Å². The van der Waals surface area contributed by atoms with Crippen molar-refractivity contribution < 1.29 is 19.7 Å². The molecule has 178 valence electrons. The number of ether oxygens (including phenoxy) is 1. The van der Waals surface area contributed by atoms with Crippen molar-refractivity contribution in [3.8, 4) is 11.6 Å². The maximum absolute atomic E-state index is 10.8. The number of rotatable bonds is 8. The van der Waals surface area contributed by atoms with E-state index in [2.05, 4.69) is 16.4 Å². The van der Waals surface area contributed by atoms with Gasteiger partial charge in [0.2, 0.25) is 5.88 Å². The number of halogens is 2. The van der Waals surface area contributed by atoms with Crippen LogP contribution >= 0.6 is 24.0 Å². The first kappa shape index (κ1) is 25.7. The second-order valence-corrected chi connectivity index (χ2v) is 8.46. The van der Waals surface area contributed by atoms with Crippen molar-refractivity contribution in [1.29, 1.82) is 0 Å². The second kappa shape index (κ2) is 12.0. The third-order valence-electron chi connectivity index (χ3n) is 5.66. The number of fused-ring (bicyclic) bond motifs is 1. The fourth-order valence-corrected chi connectivity index (χ4v) is 4.17. The van der Waals surface area contributed by atoms with Gasteiger partial charge in [-0.05, 0) is 78.4 Å². The van der Waals surface area contributed by atoms with E-state index in [9.17, 15) is 9.90 Å². The summed E-state index contributed by atoms with van der Waals surface area (Å²) in [7, 11) is 0. The van der Waals surface area contributed by atoms with Gasteiger partial charge in [0, 0.05) is 35.4 Å². The lowest BCUT2D eigenvalue weighted by molar-refractivity contribution is -0.131. The number of carboxylic acid groups (broad SMARTS) is 1. The van der Waals surface area contributed by atoms with Crippen molar-refractivity contribution in [2.24, 2.45) is 0 Å². The lowest BCUT2D eigenvalue weighted by Gasteiger charge is -2.27. The van der Waals surface area contributed by atoms with Crippen LogP contribution in [0.25, 0.3) is 6.08 Å². The van der Waals surface area contributed by atoms with E-state index in [4.69, 9.17) is 21.4 Å². The van der Waals surface area contributed by atoms with E-state index in [1.807, 2.05) is 24.3 Å². The number of hydrogen-bond acceptors (Lipinski definition) is 5. The molecule has 0 saturated carbocycles. The van der Waals surface area contributed by atoms with Gasteiger partial charge in [0.1, 0.15) is 5.75 Å². The van der Waals surface area contributed by atoms with Crippen LogP contribution < -0.4 is 10.1 Å². The maximum atomic E-state index is 10.8. The average Bonchev–Trinajstić information content (AvgIpc) is 2.81. The van der Waals surface area contributed by atoms with E-state index < -0.39 is 12.1 Å². The summed E-state index contributed by atoms with van der Waals surface area (Å²) < 4.78 is 5.98. The molecule has 3 aromatic rings. The topological polar surface area (TPSA) is 91.7 Å². The van der Waals surface area contributed by atoms with Crippen LogP contribution in [0.5, 0.6) is 11.6 Å². The molecule has 34 heavy (non-hydrogen) atoms. The maximum Gasteiger partial charge on any atom is 0.328 e. The molecule has 0 saturated heterocycles. The molecule has 2 aromatic carbocycles. The third kappa shape index (κ3) is 6.81. The van der Waals surface area contributed by atoms with Crippen LogP contribution in [0.15, 0.2) is 66.9 Å². The first-order chi connectivity index (χ1) is 16.0.